The van der Waals surface area contributed by atoms with Gasteiger partial charge in [0.1, 0.15) is 5.78 Å². The molecule has 100 valence electrons. The van der Waals surface area contributed by atoms with Crippen LogP contribution in [0.3, 0.4) is 0 Å². The van der Waals surface area contributed by atoms with Gasteiger partial charge in [0.2, 0.25) is 0 Å². The number of rotatable bonds is 7. The lowest BCUT2D eigenvalue weighted by atomic mass is 9.99. The first-order valence-electron chi connectivity index (χ1n) is 6.80. The summed E-state index contributed by atoms with van der Waals surface area (Å²) in [4.78, 5) is 11.8. The fourth-order valence-corrected chi connectivity index (χ4v) is 2.79. The van der Waals surface area contributed by atoms with E-state index in [0.717, 1.165) is 12.8 Å². The molecule has 0 saturated heterocycles. The molecule has 0 N–H and O–H groups in total. The Morgan fingerprint density at radius 1 is 1.17 bits per heavy atom. The number of carbonyl (C=O) groups excluding carboxylic acids is 1. The SMILES string of the molecule is CCCCc1ccc(CC(Br)C(=O)C(C)C)cc1. The number of hydrogen-bond donors (Lipinski definition) is 0. The van der Waals surface area contributed by atoms with Gasteiger partial charge in [0.05, 0.1) is 4.83 Å². The number of alkyl halides is 1. The summed E-state index contributed by atoms with van der Waals surface area (Å²) in [6.45, 7) is 6.11. The van der Waals surface area contributed by atoms with Crippen molar-refractivity contribution in [3.8, 4) is 0 Å². The van der Waals surface area contributed by atoms with E-state index >= 15 is 0 Å². The van der Waals surface area contributed by atoms with Crippen LogP contribution in [-0.2, 0) is 17.6 Å². The van der Waals surface area contributed by atoms with Crippen molar-refractivity contribution in [3.05, 3.63) is 35.4 Å². The maximum Gasteiger partial charge on any atom is 0.149 e. The summed E-state index contributed by atoms with van der Waals surface area (Å²) in [5.74, 6) is 0.378. The lowest BCUT2D eigenvalue weighted by Gasteiger charge is -2.11. The highest BCUT2D eigenvalue weighted by atomic mass is 79.9. The summed E-state index contributed by atoms with van der Waals surface area (Å²) in [6.07, 6.45) is 4.41. The third kappa shape index (κ3) is 4.93. The molecule has 1 aromatic rings. The van der Waals surface area contributed by atoms with Gasteiger partial charge in [-0.1, -0.05) is 67.4 Å². The van der Waals surface area contributed by atoms with Crippen LogP contribution < -0.4 is 0 Å². The van der Waals surface area contributed by atoms with E-state index < -0.39 is 0 Å². The number of Topliss-reactive ketones (excluding diaryl/α,β-unsaturated/α-hetero) is 1. The van der Waals surface area contributed by atoms with E-state index in [9.17, 15) is 4.79 Å². The molecule has 0 amide bonds. The number of ketones is 1. The quantitative estimate of drug-likeness (QED) is 0.675. The molecule has 0 aliphatic heterocycles. The van der Waals surface area contributed by atoms with Crippen LogP contribution in [-0.4, -0.2) is 10.6 Å². The lowest BCUT2D eigenvalue weighted by Crippen LogP contribution is -2.21. The van der Waals surface area contributed by atoms with Gasteiger partial charge in [-0.05, 0) is 30.4 Å². The number of carbonyl (C=O) groups is 1. The van der Waals surface area contributed by atoms with Gasteiger partial charge in [-0.3, -0.25) is 4.79 Å². The van der Waals surface area contributed by atoms with Crippen molar-refractivity contribution in [2.24, 2.45) is 5.92 Å². The zero-order chi connectivity index (χ0) is 13.5. The summed E-state index contributed by atoms with van der Waals surface area (Å²) in [5.41, 5.74) is 2.62. The van der Waals surface area contributed by atoms with Crippen LogP contribution in [0, 0.1) is 5.92 Å². The Kier molecular flexibility index (Phi) is 6.62. The fraction of sp³-hybridized carbons (Fsp3) is 0.562. The van der Waals surface area contributed by atoms with Crippen LogP contribution in [0.1, 0.15) is 44.7 Å². The molecule has 18 heavy (non-hydrogen) atoms. The zero-order valence-corrected chi connectivity index (χ0v) is 13.2. The first-order valence-corrected chi connectivity index (χ1v) is 7.71. The van der Waals surface area contributed by atoms with Crippen LogP contribution in [0.4, 0.5) is 0 Å². The molecule has 0 bridgehead atoms. The fourth-order valence-electron chi connectivity index (χ4n) is 1.89. The van der Waals surface area contributed by atoms with Gasteiger partial charge in [0.15, 0.2) is 0 Å². The molecule has 2 heteroatoms. The van der Waals surface area contributed by atoms with Gasteiger partial charge in [-0.2, -0.15) is 0 Å². The Balaban J connectivity index is 2.55. The van der Waals surface area contributed by atoms with Crippen molar-refractivity contribution in [2.75, 3.05) is 0 Å². The molecular formula is C16H23BrO. The van der Waals surface area contributed by atoms with Crippen molar-refractivity contribution in [1.29, 1.82) is 0 Å². The Labute approximate surface area is 119 Å². The van der Waals surface area contributed by atoms with Crippen LogP contribution in [0.5, 0.6) is 0 Å². The smallest absolute Gasteiger partial charge is 0.149 e. The van der Waals surface area contributed by atoms with Gasteiger partial charge in [-0.15, -0.1) is 0 Å². The third-order valence-corrected chi connectivity index (χ3v) is 3.91. The lowest BCUT2D eigenvalue weighted by molar-refractivity contribution is -0.121. The monoisotopic (exact) mass is 310 g/mol. The van der Waals surface area contributed by atoms with E-state index in [1.54, 1.807) is 0 Å². The van der Waals surface area contributed by atoms with Crippen molar-refractivity contribution in [1.82, 2.24) is 0 Å². The first kappa shape index (κ1) is 15.4. The topological polar surface area (TPSA) is 17.1 Å². The van der Waals surface area contributed by atoms with Gasteiger partial charge in [-0.25, -0.2) is 0 Å². The summed E-state index contributed by atoms with van der Waals surface area (Å²) >= 11 is 3.49. The summed E-state index contributed by atoms with van der Waals surface area (Å²) in [6, 6.07) is 8.66. The minimum Gasteiger partial charge on any atom is -0.298 e. The Bertz CT molecular complexity index is 367. The summed E-state index contributed by atoms with van der Waals surface area (Å²) in [5, 5.41) is 0. The second-order valence-electron chi connectivity index (χ2n) is 5.15. The minimum atomic E-state index is -0.0565. The predicted octanol–water partition coefficient (Wildman–Crippen LogP) is 4.56. The maximum atomic E-state index is 11.8. The number of halogens is 1. The van der Waals surface area contributed by atoms with Crippen LogP contribution in [0.15, 0.2) is 24.3 Å². The second-order valence-corrected chi connectivity index (χ2v) is 6.25. The number of hydrogen-bond acceptors (Lipinski definition) is 1. The Hall–Kier alpha value is -0.630. The normalized spacial score (nSPS) is 12.7. The van der Waals surface area contributed by atoms with Crippen LogP contribution in [0.2, 0.25) is 0 Å². The molecule has 1 aromatic carbocycles. The minimum absolute atomic E-state index is 0.0565. The van der Waals surface area contributed by atoms with E-state index in [0.29, 0.717) is 0 Å². The molecule has 1 unspecified atom stereocenters. The van der Waals surface area contributed by atoms with Crippen molar-refractivity contribution < 1.29 is 4.79 Å². The number of benzene rings is 1. The Morgan fingerprint density at radius 2 is 1.72 bits per heavy atom. The highest BCUT2D eigenvalue weighted by Crippen LogP contribution is 2.16. The first-order chi connectivity index (χ1) is 8.54. The van der Waals surface area contributed by atoms with E-state index in [1.165, 1.54) is 24.0 Å². The van der Waals surface area contributed by atoms with E-state index in [-0.39, 0.29) is 16.5 Å². The largest absolute Gasteiger partial charge is 0.298 e. The van der Waals surface area contributed by atoms with Crippen molar-refractivity contribution in [2.45, 2.75) is 51.3 Å². The number of aryl methyl sites for hydroxylation is 1. The van der Waals surface area contributed by atoms with Crippen LogP contribution in [0.25, 0.3) is 0 Å². The predicted molar refractivity (Wildman–Crippen MR) is 81.3 cm³/mol. The maximum absolute atomic E-state index is 11.8. The molecule has 1 nitrogen and oxygen atoms in total. The van der Waals surface area contributed by atoms with Gasteiger partial charge >= 0.3 is 0 Å². The standard InChI is InChI=1S/C16H23BrO/c1-4-5-6-13-7-9-14(10-8-13)11-15(17)16(18)12(2)3/h7-10,12,15H,4-6,11H2,1-3H3. The molecule has 0 radical (unpaired) electrons. The van der Waals surface area contributed by atoms with Crippen molar-refractivity contribution >= 4 is 21.7 Å². The van der Waals surface area contributed by atoms with Gasteiger partial charge < -0.3 is 0 Å². The van der Waals surface area contributed by atoms with E-state index in [1.807, 2.05) is 13.8 Å². The summed E-state index contributed by atoms with van der Waals surface area (Å²) in [7, 11) is 0. The molecule has 0 aliphatic carbocycles. The van der Waals surface area contributed by atoms with Crippen molar-refractivity contribution in [3.63, 3.8) is 0 Å². The molecule has 1 atom stereocenters. The van der Waals surface area contributed by atoms with Crippen LogP contribution >= 0.6 is 15.9 Å². The van der Waals surface area contributed by atoms with Gasteiger partial charge in [0, 0.05) is 5.92 Å². The second kappa shape index (κ2) is 7.73. The van der Waals surface area contributed by atoms with Gasteiger partial charge in [0.25, 0.3) is 0 Å². The van der Waals surface area contributed by atoms with E-state index in [2.05, 4.69) is 47.1 Å². The molecule has 0 spiro atoms. The average molecular weight is 311 g/mol. The highest BCUT2D eigenvalue weighted by molar-refractivity contribution is 9.10. The third-order valence-electron chi connectivity index (χ3n) is 3.13. The number of unbranched alkanes of at least 4 members (excludes halogenated alkanes) is 1. The summed E-state index contributed by atoms with van der Waals surface area (Å²) < 4.78 is 0. The molecule has 0 aliphatic rings. The average Bonchev–Trinajstić information content (AvgIpc) is 2.36. The molecule has 0 aromatic heterocycles. The molecule has 0 heterocycles. The molecule has 0 saturated carbocycles. The van der Waals surface area contributed by atoms with E-state index in [4.69, 9.17) is 0 Å². The highest BCUT2D eigenvalue weighted by Gasteiger charge is 2.18. The molecule has 1 rings (SSSR count). The molecular weight excluding hydrogens is 288 g/mol. The zero-order valence-electron chi connectivity index (χ0n) is 11.6. The Morgan fingerprint density at radius 3 is 2.22 bits per heavy atom. The molecule has 0 fully saturated rings.